The van der Waals surface area contributed by atoms with Gasteiger partial charge in [-0.25, -0.2) is 0 Å². The smallest absolute Gasteiger partial charge is 0.315 e. The normalized spacial score (nSPS) is 10.1. The van der Waals surface area contributed by atoms with Crippen LogP contribution in [-0.4, -0.2) is 22.5 Å². The van der Waals surface area contributed by atoms with Crippen LogP contribution in [0.25, 0.3) is 0 Å². The summed E-state index contributed by atoms with van der Waals surface area (Å²) in [7, 11) is 0. The van der Waals surface area contributed by atoms with E-state index in [0.717, 1.165) is 0 Å². The van der Waals surface area contributed by atoms with E-state index < -0.39 is 12.3 Å². The van der Waals surface area contributed by atoms with Crippen molar-refractivity contribution >= 4 is 5.91 Å². The number of hydrogen-bond donors (Lipinski definition) is 1. The van der Waals surface area contributed by atoms with Crippen molar-refractivity contribution in [2.75, 3.05) is 0 Å². The molecule has 1 N–H and O–H groups in total. The molecule has 70 valence electrons. The third-order valence-electron chi connectivity index (χ3n) is 1.27. The van der Waals surface area contributed by atoms with Gasteiger partial charge in [-0.3, -0.25) is 4.79 Å². The van der Waals surface area contributed by atoms with E-state index in [2.05, 4.69) is 10.2 Å². The number of amides is 1. The van der Waals surface area contributed by atoms with E-state index in [0.29, 0.717) is 5.69 Å². The average Bonchev–Trinajstić information content (AvgIpc) is 2.15. The Balaban J connectivity index is 2.40. The molecule has 0 fully saturated rings. The van der Waals surface area contributed by atoms with Crippen LogP contribution in [-0.2, 0) is 11.3 Å². The molecule has 0 spiro atoms. The van der Waals surface area contributed by atoms with E-state index in [1.54, 1.807) is 12.1 Å². The Morgan fingerprint density at radius 2 is 2.38 bits per heavy atom. The molecule has 1 aromatic rings. The summed E-state index contributed by atoms with van der Waals surface area (Å²) >= 11 is 0. The van der Waals surface area contributed by atoms with Gasteiger partial charge in [0, 0.05) is 6.20 Å². The van der Waals surface area contributed by atoms with Crippen molar-refractivity contribution in [3.8, 4) is 0 Å². The Morgan fingerprint density at radius 3 is 2.92 bits per heavy atom. The van der Waals surface area contributed by atoms with Crippen LogP contribution in [0.4, 0.5) is 8.78 Å². The van der Waals surface area contributed by atoms with Gasteiger partial charge in [-0.1, -0.05) is 0 Å². The second kappa shape index (κ2) is 4.44. The van der Waals surface area contributed by atoms with Crippen molar-refractivity contribution in [1.82, 2.24) is 15.5 Å². The van der Waals surface area contributed by atoms with Crippen LogP contribution in [0.1, 0.15) is 5.69 Å². The third-order valence-corrected chi connectivity index (χ3v) is 1.27. The van der Waals surface area contributed by atoms with Crippen molar-refractivity contribution in [2.24, 2.45) is 0 Å². The quantitative estimate of drug-likeness (QED) is 0.743. The summed E-state index contributed by atoms with van der Waals surface area (Å²) < 4.78 is 23.4. The first-order valence-corrected chi connectivity index (χ1v) is 3.52. The lowest BCUT2D eigenvalue weighted by molar-refractivity contribution is -0.131. The molecule has 13 heavy (non-hydrogen) atoms. The molecule has 1 rings (SSSR count). The Bertz CT molecular complexity index is 278. The maximum absolute atomic E-state index is 11.7. The first-order valence-electron chi connectivity index (χ1n) is 3.52. The van der Waals surface area contributed by atoms with Gasteiger partial charge < -0.3 is 5.32 Å². The van der Waals surface area contributed by atoms with Crippen LogP contribution in [0.3, 0.4) is 0 Å². The van der Waals surface area contributed by atoms with Gasteiger partial charge in [-0.2, -0.15) is 19.0 Å². The molecular formula is C7H7F2N3O. The van der Waals surface area contributed by atoms with Crippen LogP contribution in [0.2, 0.25) is 0 Å². The fourth-order valence-electron chi connectivity index (χ4n) is 0.683. The van der Waals surface area contributed by atoms with Crippen LogP contribution >= 0.6 is 0 Å². The predicted molar refractivity (Wildman–Crippen MR) is 39.9 cm³/mol. The molecule has 0 radical (unpaired) electrons. The molecule has 0 saturated carbocycles. The highest BCUT2D eigenvalue weighted by atomic mass is 19.3. The highest BCUT2D eigenvalue weighted by Crippen LogP contribution is 1.94. The zero-order valence-electron chi connectivity index (χ0n) is 6.58. The number of carbonyl (C=O) groups excluding carboxylic acids is 1. The lowest BCUT2D eigenvalue weighted by Gasteiger charge is -2.01. The summed E-state index contributed by atoms with van der Waals surface area (Å²) in [5.74, 6) is -1.30. The molecule has 0 saturated heterocycles. The first-order chi connectivity index (χ1) is 6.20. The zero-order chi connectivity index (χ0) is 9.68. The Hall–Kier alpha value is -1.59. The standard InChI is InChI=1S/C7H7F2N3O/c8-6(9)7(13)10-4-5-2-1-3-11-12-5/h1-3,6H,4H2,(H,10,13). The van der Waals surface area contributed by atoms with Crippen LogP contribution in [0.5, 0.6) is 0 Å². The van der Waals surface area contributed by atoms with Crippen LogP contribution in [0.15, 0.2) is 18.3 Å². The molecule has 0 aliphatic rings. The van der Waals surface area contributed by atoms with Crippen molar-refractivity contribution in [1.29, 1.82) is 0 Å². The molecule has 1 amide bonds. The SMILES string of the molecule is O=C(NCc1cccnn1)C(F)F. The Labute approximate surface area is 73.0 Å². The third kappa shape index (κ3) is 3.10. The molecule has 1 heterocycles. The minimum absolute atomic E-state index is 0.0307. The van der Waals surface area contributed by atoms with Gasteiger partial charge in [0.2, 0.25) is 0 Å². The summed E-state index contributed by atoms with van der Waals surface area (Å²) in [6.07, 6.45) is -1.53. The highest BCUT2D eigenvalue weighted by Gasteiger charge is 2.13. The Morgan fingerprint density at radius 1 is 1.62 bits per heavy atom. The van der Waals surface area contributed by atoms with Crippen LogP contribution < -0.4 is 5.32 Å². The molecule has 0 aliphatic heterocycles. The summed E-state index contributed by atoms with van der Waals surface area (Å²) in [4.78, 5) is 10.4. The minimum atomic E-state index is -2.99. The van der Waals surface area contributed by atoms with Crippen molar-refractivity contribution in [3.05, 3.63) is 24.0 Å². The van der Waals surface area contributed by atoms with Gasteiger partial charge in [0.15, 0.2) is 0 Å². The lowest BCUT2D eigenvalue weighted by Crippen LogP contribution is -2.29. The maximum Gasteiger partial charge on any atom is 0.315 e. The van der Waals surface area contributed by atoms with Gasteiger partial charge in [0.1, 0.15) is 0 Å². The average molecular weight is 187 g/mol. The van der Waals surface area contributed by atoms with Gasteiger partial charge in [0.25, 0.3) is 5.91 Å². The molecular weight excluding hydrogens is 180 g/mol. The van der Waals surface area contributed by atoms with Gasteiger partial charge in [-0.05, 0) is 12.1 Å². The largest absolute Gasteiger partial charge is 0.345 e. The first kappa shape index (κ1) is 9.50. The second-order valence-corrected chi connectivity index (χ2v) is 2.23. The van der Waals surface area contributed by atoms with Crippen molar-refractivity contribution < 1.29 is 13.6 Å². The predicted octanol–water partition coefficient (Wildman–Crippen LogP) is 0.358. The minimum Gasteiger partial charge on any atom is -0.345 e. The second-order valence-electron chi connectivity index (χ2n) is 2.23. The number of hydrogen-bond acceptors (Lipinski definition) is 3. The fraction of sp³-hybridized carbons (Fsp3) is 0.286. The van der Waals surface area contributed by atoms with Gasteiger partial charge >= 0.3 is 6.43 Å². The van der Waals surface area contributed by atoms with E-state index in [4.69, 9.17) is 0 Å². The number of nitrogens with zero attached hydrogens (tertiary/aromatic N) is 2. The lowest BCUT2D eigenvalue weighted by atomic mass is 10.4. The fourth-order valence-corrected chi connectivity index (χ4v) is 0.683. The van der Waals surface area contributed by atoms with E-state index in [1.807, 2.05) is 5.32 Å². The van der Waals surface area contributed by atoms with Crippen molar-refractivity contribution in [3.63, 3.8) is 0 Å². The molecule has 6 heteroatoms. The summed E-state index contributed by atoms with van der Waals surface area (Å²) in [5, 5.41) is 9.13. The molecule has 1 aromatic heterocycles. The number of aromatic nitrogens is 2. The van der Waals surface area contributed by atoms with E-state index in [1.165, 1.54) is 6.20 Å². The monoisotopic (exact) mass is 187 g/mol. The number of alkyl halides is 2. The maximum atomic E-state index is 11.7. The Kier molecular flexibility index (Phi) is 3.24. The number of carbonyl (C=O) groups is 1. The molecule has 0 unspecified atom stereocenters. The van der Waals surface area contributed by atoms with Gasteiger partial charge in [0.05, 0.1) is 12.2 Å². The molecule has 0 aromatic carbocycles. The summed E-state index contributed by atoms with van der Waals surface area (Å²) in [6.45, 7) is -0.0307. The number of halogens is 2. The molecule has 4 nitrogen and oxygen atoms in total. The zero-order valence-corrected chi connectivity index (χ0v) is 6.58. The van der Waals surface area contributed by atoms with E-state index in [-0.39, 0.29) is 6.54 Å². The van der Waals surface area contributed by atoms with E-state index in [9.17, 15) is 13.6 Å². The molecule has 0 aliphatic carbocycles. The molecule has 0 bridgehead atoms. The number of rotatable bonds is 3. The van der Waals surface area contributed by atoms with Crippen molar-refractivity contribution in [2.45, 2.75) is 13.0 Å². The topological polar surface area (TPSA) is 54.9 Å². The van der Waals surface area contributed by atoms with Gasteiger partial charge in [-0.15, -0.1) is 0 Å². The van der Waals surface area contributed by atoms with Crippen LogP contribution in [0, 0.1) is 0 Å². The molecule has 0 atom stereocenters. The number of nitrogens with one attached hydrogen (secondary N) is 1. The highest BCUT2D eigenvalue weighted by molar-refractivity contribution is 5.78. The van der Waals surface area contributed by atoms with E-state index >= 15 is 0 Å². The summed E-state index contributed by atoms with van der Waals surface area (Å²) in [6, 6.07) is 3.19. The summed E-state index contributed by atoms with van der Waals surface area (Å²) in [5.41, 5.74) is 0.441.